The van der Waals surface area contributed by atoms with Gasteiger partial charge in [-0.2, -0.15) is 9.97 Å². The summed E-state index contributed by atoms with van der Waals surface area (Å²) in [5.74, 6) is 0.738. The number of carbonyl (C=O) groups is 1. The first kappa shape index (κ1) is 17.4. The van der Waals surface area contributed by atoms with Crippen LogP contribution in [0.15, 0.2) is 6.08 Å². The standard InChI is InChI=1S/C13H17ClN4O.C2H6/c1-7-5-6-15-10-8(7)9(14)16-12(17-10)18-11(19)13(2,3)4;1-2/h5H,6H2,1-4H3,(H2,15,16,17,18,19);1-2H3. The summed E-state index contributed by atoms with van der Waals surface area (Å²) in [7, 11) is 0. The van der Waals surface area contributed by atoms with Crippen LogP contribution in [0.1, 0.15) is 47.1 Å². The number of nitrogens with zero attached hydrogens (tertiary/aromatic N) is 2. The van der Waals surface area contributed by atoms with Crippen molar-refractivity contribution in [1.82, 2.24) is 9.97 Å². The van der Waals surface area contributed by atoms with Gasteiger partial charge in [0, 0.05) is 12.0 Å². The second-order valence-corrected chi connectivity index (χ2v) is 5.89. The third-order valence-corrected chi connectivity index (χ3v) is 3.12. The topological polar surface area (TPSA) is 66.9 Å². The monoisotopic (exact) mass is 310 g/mol. The van der Waals surface area contributed by atoms with Crippen LogP contribution in [0.5, 0.6) is 0 Å². The van der Waals surface area contributed by atoms with E-state index < -0.39 is 5.41 Å². The molecule has 0 saturated carbocycles. The fraction of sp³-hybridized carbons (Fsp3) is 0.533. The van der Waals surface area contributed by atoms with Gasteiger partial charge < -0.3 is 5.32 Å². The number of fused-ring (bicyclic) bond motifs is 1. The summed E-state index contributed by atoms with van der Waals surface area (Å²) >= 11 is 6.16. The summed E-state index contributed by atoms with van der Waals surface area (Å²) in [6, 6.07) is 0. The number of amides is 1. The fourth-order valence-corrected chi connectivity index (χ4v) is 1.98. The zero-order chi connectivity index (χ0) is 16.2. The van der Waals surface area contributed by atoms with Crippen molar-refractivity contribution in [3.8, 4) is 0 Å². The molecule has 0 aromatic carbocycles. The average Bonchev–Trinajstić information content (AvgIpc) is 2.39. The lowest BCUT2D eigenvalue weighted by atomic mass is 9.96. The van der Waals surface area contributed by atoms with Crippen molar-refractivity contribution in [3.05, 3.63) is 16.8 Å². The van der Waals surface area contributed by atoms with Crippen LogP contribution in [0, 0.1) is 5.41 Å². The van der Waals surface area contributed by atoms with Crippen molar-refractivity contribution < 1.29 is 4.79 Å². The lowest BCUT2D eigenvalue weighted by molar-refractivity contribution is -0.123. The highest BCUT2D eigenvalue weighted by Gasteiger charge is 2.24. The summed E-state index contributed by atoms with van der Waals surface area (Å²) < 4.78 is 0. The Morgan fingerprint density at radius 2 is 1.95 bits per heavy atom. The highest BCUT2D eigenvalue weighted by molar-refractivity contribution is 6.31. The molecule has 1 amide bonds. The Hall–Kier alpha value is -1.62. The van der Waals surface area contributed by atoms with E-state index in [9.17, 15) is 4.79 Å². The molecule has 0 fully saturated rings. The van der Waals surface area contributed by atoms with E-state index >= 15 is 0 Å². The van der Waals surface area contributed by atoms with E-state index in [1.165, 1.54) is 0 Å². The number of allylic oxidation sites excluding steroid dienone is 1. The third-order valence-electron chi connectivity index (χ3n) is 2.84. The van der Waals surface area contributed by atoms with Gasteiger partial charge in [0.1, 0.15) is 11.0 Å². The highest BCUT2D eigenvalue weighted by Crippen LogP contribution is 2.32. The fourth-order valence-electron chi connectivity index (χ4n) is 1.66. The second kappa shape index (κ2) is 6.89. The molecule has 1 aromatic heterocycles. The zero-order valence-corrected chi connectivity index (χ0v) is 14.2. The molecule has 0 unspecified atom stereocenters. The number of aromatic nitrogens is 2. The maximum atomic E-state index is 11.9. The van der Waals surface area contributed by atoms with E-state index in [1.54, 1.807) is 0 Å². The van der Waals surface area contributed by atoms with Crippen LogP contribution < -0.4 is 10.6 Å². The first-order valence-electron chi connectivity index (χ1n) is 7.09. The van der Waals surface area contributed by atoms with Crippen LogP contribution in [0.3, 0.4) is 0 Å². The van der Waals surface area contributed by atoms with E-state index in [1.807, 2.05) is 47.6 Å². The lowest BCUT2D eigenvalue weighted by Crippen LogP contribution is -2.28. The van der Waals surface area contributed by atoms with Gasteiger partial charge in [0.15, 0.2) is 0 Å². The summed E-state index contributed by atoms with van der Waals surface area (Å²) in [4.78, 5) is 20.3. The van der Waals surface area contributed by atoms with E-state index in [0.29, 0.717) is 17.5 Å². The van der Waals surface area contributed by atoms with Gasteiger partial charge in [-0.25, -0.2) is 0 Å². The largest absolute Gasteiger partial charge is 0.366 e. The quantitative estimate of drug-likeness (QED) is 0.770. The molecule has 6 heteroatoms. The van der Waals surface area contributed by atoms with Gasteiger partial charge >= 0.3 is 0 Å². The number of nitrogens with one attached hydrogen (secondary N) is 2. The van der Waals surface area contributed by atoms with Gasteiger partial charge in [-0.3, -0.25) is 10.1 Å². The van der Waals surface area contributed by atoms with Crippen LogP contribution in [-0.2, 0) is 4.79 Å². The molecule has 0 radical (unpaired) electrons. The summed E-state index contributed by atoms with van der Waals surface area (Å²) in [6.45, 7) is 12.1. The van der Waals surface area contributed by atoms with Crippen molar-refractivity contribution in [2.45, 2.75) is 41.5 Å². The molecule has 1 aromatic rings. The van der Waals surface area contributed by atoms with Gasteiger partial charge in [-0.1, -0.05) is 52.3 Å². The molecule has 1 aliphatic rings. The Balaban J connectivity index is 0.00000106. The predicted molar refractivity (Wildman–Crippen MR) is 88.6 cm³/mol. The van der Waals surface area contributed by atoms with Gasteiger partial charge in [0.25, 0.3) is 0 Å². The van der Waals surface area contributed by atoms with Crippen molar-refractivity contribution in [2.24, 2.45) is 5.41 Å². The normalized spacial score (nSPS) is 13.2. The smallest absolute Gasteiger partial charge is 0.232 e. The van der Waals surface area contributed by atoms with Gasteiger partial charge in [-0.15, -0.1) is 0 Å². The molecule has 0 saturated heterocycles. The van der Waals surface area contributed by atoms with E-state index in [0.717, 1.165) is 11.1 Å². The minimum Gasteiger partial charge on any atom is -0.366 e. The predicted octanol–water partition coefficient (Wildman–Crippen LogP) is 3.97. The molecular weight excluding hydrogens is 288 g/mol. The van der Waals surface area contributed by atoms with Crippen molar-refractivity contribution in [2.75, 3.05) is 17.2 Å². The number of carbonyl (C=O) groups excluding carboxylic acids is 1. The molecule has 116 valence electrons. The molecule has 2 rings (SSSR count). The third kappa shape index (κ3) is 4.17. The van der Waals surface area contributed by atoms with Crippen LogP contribution >= 0.6 is 11.6 Å². The Morgan fingerprint density at radius 1 is 1.33 bits per heavy atom. The van der Waals surface area contributed by atoms with Crippen molar-refractivity contribution >= 4 is 34.8 Å². The SMILES string of the molecule is CC.CC1=CCNc2nc(NC(=O)C(C)(C)C)nc(Cl)c21. The van der Waals surface area contributed by atoms with E-state index in [-0.39, 0.29) is 11.9 Å². The molecule has 2 N–H and O–H groups in total. The number of hydrogen-bond acceptors (Lipinski definition) is 4. The molecule has 5 nitrogen and oxygen atoms in total. The Labute approximate surface area is 131 Å². The Morgan fingerprint density at radius 3 is 2.52 bits per heavy atom. The first-order valence-corrected chi connectivity index (χ1v) is 7.47. The van der Waals surface area contributed by atoms with Crippen LogP contribution in [0.25, 0.3) is 5.57 Å². The maximum absolute atomic E-state index is 11.9. The molecule has 1 aliphatic heterocycles. The van der Waals surface area contributed by atoms with Crippen LogP contribution in [0.4, 0.5) is 11.8 Å². The Kier molecular flexibility index (Phi) is 5.72. The lowest BCUT2D eigenvalue weighted by Gasteiger charge is -2.20. The van der Waals surface area contributed by atoms with E-state index in [2.05, 4.69) is 20.6 Å². The molecule has 0 aliphatic carbocycles. The molecule has 0 bridgehead atoms. The molecule has 0 atom stereocenters. The number of anilines is 2. The molecule has 21 heavy (non-hydrogen) atoms. The van der Waals surface area contributed by atoms with Gasteiger partial charge in [0.2, 0.25) is 11.9 Å². The average molecular weight is 311 g/mol. The summed E-state index contributed by atoms with van der Waals surface area (Å²) in [5.41, 5.74) is 1.32. The summed E-state index contributed by atoms with van der Waals surface area (Å²) in [5, 5.41) is 6.15. The Bertz CT molecular complexity index is 562. The second-order valence-electron chi connectivity index (χ2n) is 5.53. The van der Waals surface area contributed by atoms with E-state index in [4.69, 9.17) is 11.6 Å². The molecule has 2 heterocycles. The molecular formula is C15H23ClN4O. The van der Waals surface area contributed by atoms with Crippen LogP contribution in [0.2, 0.25) is 5.15 Å². The maximum Gasteiger partial charge on any atom is 0.232 e. The van der Waals surface area contributed by atoms with Crippen molar-refractivity contribution in [1.29, 1.82) is 0 Å². The van der Waals surface area contributed by atoms with Crippen molar-refractivity contribution in [3.63, 3.8) is 0 Å². The van der Waals surface area contributed by atoms with Crippen LogP contribution in [-0.4, -0.2) is 22.4 Å². The highest BCUT2D eigenvalue weighted by atomic mass is 35.5. The zero-order valence-electron chi connectivity index (χ0n) is 13.5. The number of rotatable bonds is 1. The number of hydrogen-bond donors (Lipinski definition) is 2. The van der Waals surface area contributed by atoms with Gasteiger partial charge in [0.05, 0.1) is 5.56 Å². The van der Waals surface area contributed by atoms with Gasteiger partial charge in [-0.05, 0) is 12.5 Å². The summed E-state index contributed by atoms with van der Waals surface area (Å²) in [6.07, 6.45) is 2.02. The first-order chi connectivity index (χ1) is 9.79. The minimum atomic E-state index is -0.505. The minimum absolute atomic E-state index is 0.147. The number of halogens is 1. The molecule has 0 spiro atoms.